The first-order valence-corrected chi connectivity index (χ1v) is 9.57. The number of imide groups is 1. The monoisotopic (exact) mass is 430 g/mol. The van der Waals surface area contributed by atoms with E-state index >= 15 is 0 Å². The number of halogens is 1. The van der Waals surface area contributed by atoms with E-state index in [9.17, 15) is 14.4 Å². The van der Waals surface area contributed by atoms with Crippen molar-refractivity contribution in [3.05, 3.63) is 57.8 Å². The first-order valence-electron chi connectivity index (χ1n) is 8.38. The van der Waals surface area contributed by atoms with Crippen LogP contribution in [0.4, 0.5) is 4.79 Å². The van der Waals surface area contributed by atoms with Crippen molar-refractivity contribution in [3.63, 3.8) is 0 Å². The molecular weight excluding hydrogens is 416 g/mol. The number of terminal acetylenes is 1. The van der Waals surface area contributed by atoms with Crippen LogP contribution in [0.5, 0.6) is 5.75 Å². The highest BCUT2D eigenvalue weighted by molar-refractivity contribution is 8.18. The van der Waals surface area contributed by atoms with Gasteiger partial charge in [-0.3, -0.25) is 19.3 Å². The van der Waals surface area contributed by atoms with E-state index in [0.29, 0.717) is 22.1 Å². The second-order valence-electron chi connectivity index (χ2n) is 5.81. The molecule has 0 spiro atoms. The predicted octanol–water partition coefficient (Wildman–Crippen LogP) is 3.30. The number of carbonyl (C=O) groups is 3. The maximum absolute atomic E-state index is 12.5. The Hall–Kier alpha value is -3.15. The summed E-state index contributed by atoms with van der Waals surface area (Å²) in [5.41, 5.74) is 0.607. The van der Waals surface area contributed by atoms with Crippen molar-refractivity contribution in [3.8, 4) is 18.1 Å². The van der Waals surface area contributed by atoms with Gasteiger partial charge in [0.1, 0.15) is 24.7 Å². The molecule has 7 nitrogen and oxygen atoms in total. The van der Waals surface area contributed by atoms with Gasteiger partial charge in [-0.05, 0) is 47.7 Å². The van der Waals surface area contributed by atoms with Crippen LogP contribution < -0.4 is 10.1 Å². The Labute approximate surface area is 176 Å². The molecule has 29 heavy (non-hydrogen) atoms. The van der Waals surface area contributed by atoms with Crippen LogP contribution >= 0.6 is 23.4 Å². The average Bonchev–Trinajstić information content (AvgIpc) is 3.30. The summed E-state index contributed by atoms with van der Waals surface area (Å²) in [5, 5.41) is 2.40. The van der Waals surface area contributed by atoms with Gasteiger partial charge in [0.05, 0.1) is 22.7 Å². The van der Waals surface area contributed by atoms with E-state index in [-0.39, 0.29) is 24.6 Å². The molecule has 1 aromatic carbocycles. The zero-order chi connectivity index (χ0) is 20.8. The van der Waals surface area contributed by atoms with E-state index in [1.54, 1.807) is 30.3 Å². The molecule has 0 atom stereocenters. The number of rotatable bonds is 7. The largest absolute Gasteiger partial charge is 0.479 e. The van der Waals surface area contributed by atoms with Crippen molar-refractivity contribution in [2.75, 3.05) is 13.2 Å². The maximum Gasteiger partial charge on any atom is 0.294 e. The Bertz CT molecular complexity index is 1010. The molecule has 3 rings (SSSR count). The lowest BCUT2D eigenvalue weighted by Crippen LogP contribution is -2.39. The van der Waals surface area contributed by atoms with Crippen molar-refractivity contribution in [2.45, 2.75) is 6.54 Å². The van der Waals surface area contributed by atoms with E-state index in [1.165, 1.54) is 12.3 Å². The fourth-order valence-corrected chi connectivity index (χ4v) is 3.51. The number of amides is 3. The Balaban J connectivity index is 1.64. The van der Waals surface area contributed by atoms with Crippen LogP contribution in [0.2, 0.25) is 5.02 Å². The second-order valence-corrected chi connectivity index (χ2v) is 7.21. The Morgan fingerprint density at radius 3 is 2.90 bits per heavy atom. The fraction of sp³-hybridized carbons (Fsp3) is 0.150. The van der Waals surface area contributed by atoms with Crippen molar-refractivity contribution in [1.82, 2.24) is 10.2 Å². The average molecular weight is 431 g/mol. The number of nitrogens with one attached hydrogen (secondary N) is 1. The number of hydrogen-bond donors (Lipinski definition) is 1. The standard InChI is InChI=1S/C20H15ClN2O5S/c1-2-7-28-16-6-5-13(9-15(16)21)10-17-19(25)23(20(26)29-17)12-18(24)22-11-14-4-3-8-27-14/h1,3-6,8-10H,7,11-12H2,(H,22,24)/b17-10-. The zero-order valence-electron chi connectivity index (χ0n) is 15.0. The topological polar surface area (TPSA) is 88.8 Å². The Kier molecular flexibility index (Phi) is 6.65. The van der Waals surface area contributed by atoms with Gasteiger partial charge in [-0.2, -0.15) is 0 Å². The van der Waals surface area contributed by atoms with Crippen LogP contribution in [-0.4, -0.2) is 35.1 Å². The third-order valence-electron chi connectivity index (χ3n) is 3.78. The van der Waals surface area contributed by atoms with Crippen LogP contribution in [0, 0.1) is 12.3 Å². The summed E-state index contributed by atoms with van der Waals surface area (Å²) < 4.78 is 10.4. The van der Waals surface area contributed by atoms with E-state index in [2.05, 4.69) is 11.2 Å². The number of benzene rings is 1. The summed E-state index contributed by atoms with van der Waals surface area (Å²) in [6.07, 6.45) is 8.17. The van der Waals surface area contributed by atoms with Crippen molar-refractivity contribution >= 4 is 46.5 Å². The molecule has 1 aliphatic heterocycles. The Morgan fingerprint density at radius 2 is 2.21 bits per heavy atom. The van der Waals surface area contributed by atoms with Gasteiger partial charge in [0.2, 0.25) is 5.91 Å². The van der Waals surface area contributed by atoms with Gasteiger partial charge in [-0.15, -0.1) is 6.42 Å². The molecule has 0 radical (unpaired) electrons. The fourth-order valence-electron chi connectivity index (χ4n) is 2.43. The van der Waals surface area contributed by atoms with Crippen molar-refractivity contribution in [1.29, 1.82) is 0 Å². The smallest absolute Gasteiger partial charge is 0.294 e. The summed E-state index contributed by atoms with van der Waals surface area (Å²) in [4.78, 5) is 37.8. The normalized spacial score (nSPS) is 14.9. The lowest BCUT2D eigenvalue weighted by Gasteiger charge is -2.11. The molecule has 1 saturated heterocycles. The SMILES string of the molecule is C#CCOc1ccc(/C=C2\SC(=O)N(CC(=O)NCc3ccco3)C2=O)cc1Cl. The summed E-state index contributed by atoms with van der Waals surface area (Å²) in [6.45, 7) is -0.118. The van der Waals surface area contributed by atoms with E-state index in [4.69, 9.17) is 27.2 Å². The number of ether oxygens (including phenoxy) is 1. The van der Waals surface area contributed by atoms with Crippen LogP contribution in [0.1, 0.15) is 11.3 Å². The molecule has 9 heteroatoms. The lowest BCUT2D eigenvalue weighted by atomic mass is 10.2. The highest BCUT2D eigenvalue weighted by Crippen LogP contribution is 2.33. The summed E-state index contributed by atoms with van der Waals surface area (Å²) >= 11 is 6.90. The van der Waals surface area contributed by atoms with Gasteiger partial charge < -0.3 is 14.5 Å². The third-order valence-corrected chi connectivity index (χ3v) is 4.98. The predicted molar refractivity (Wildman–Crippen MR) is 109 cm³/mol. The molecule has 2 aromatic rings. The highest BCUT2D eigenvalue weighted by atomic mass is 35.5. The first kappa shape index (κ1) is 20.6. The Morgan fingerprint density at radius 1 is 1.38 bits per heavy atom. The van der Waals surface area contributed by atoms with Crippen molar-refractivity contribution < 1.29 is 23.5 Å². The minimum Gasteiger partial charge on any atom is -0.479 e. The van der Waals surface area contributed by atoms with Gasteiger partial charge in [0, 0.05) is 0 Å². The minimum atomic E-state index is -0.545. The molecule has 1 aliphatic rings. The molecule has 1 aromatic heterocycles. The van der Waals surface area contributed by atoms with E-state index in [0.717, 1.165) is 16.7 Å². The van der Waals surface area contributed by atoms with E-state index in [1.807, 2.05) is 0 Å². The molecule has 1 N–H and O–H groups in total. The molecule has 0 aliphatic carbocycles. The maximum atomic E-state index is 12.5. The zero-order valence-corrected chi connectivity index (χ0v) is 16.6. The number of hydrogen-bond acceptors (Lipinski definition) is 6. The van der Waals surface area contributed by atoms with Crippen LogP contribution in [-0.2, 0) is 16.1 Å². The molecule has 0 unspecified atom stereocenters. The van der Waals surface area contributed by atoms with Gasteiger partial charge in [0.15, 0.2) is 0 Å². The third kappa shape index (κ3) is 5.22. The van der Waals surface area contributed by atoms with Gasteiger partial charge in [-0.25, -0.2) is 0 Å². The minimum absolute atomic E-state index is 0.0833. The van der Waals surface area contributed by atoms with Crippen LogP contribution in [0.15, 0.2) is 45.9 Å². The summed E-state index contributed by atoms with van der Waals surface area (Å²) in [5.74, 6) is 2.32. The van der Waals surface area contributed by atoms with Gasteiger partial charge in [0.25, 0.3) is 11.1 Å². The highest BCUT2D eigenvalue weighted by Gasteiger charge is 2.36. The number of thioether (sulfide) groups is 1. The second kappa shape index (κ2) is 9.37. The molecule has 1 fully saturated rings. The van der Waals surface area contributed by atoms with Crippen LogP contribution in [0.25, 0.3) is 6.08 Å². The molecule has 3 amide bonds. The molecular formula is C20H15ClN2O5S. The molecule has 2 heterocycles. The molecule has 0 bridgehead atoms. The van der Waals surface area contributed by atoms with Gasteiger partial charge >= 0.3 is 0 Å². The quantitative estimate of drug-likeness (QED) is 0.535. The van der Waals surface area contributed by atoms with E-state index < -0.39 is 17.1 Å². The number of nitrogens with zero attached hydrogens (tertiary/aromatic N) is 1. The molecule has 0 saturated carbocycles. The summed E-state index contributed by atoms with van der Waals surface area (Å²) in [7, 11) is 0. The van der Waals surface area contributed by atoms with Gasteiger partial charge in [-0.1, -0.05) is 23.6 Å². The number of furan rings is 1. The number of carbonyl (C=O) groups excluding carboxylic acids is 3. The molecule has 148 valence electrons. The lowest BCUT2D eigenvalue weighted by molar-refractivity contribution is -0.129. The first-order chi connectivity index (χ1) is 14.0. The van der Waals surface area contributed by atoms with Crippen molar-refractivity contribution in [2.24, 2.45) is 0 Å². The summed E-state index contributed by atoms with van der Waals surface area (Å²) in [6, 6.07) is 8.30. The van der Waals surface area contributed by atoms with Crippen LogP contribution in [0.3, 0.4) is 0 Å².